The largest absolute Gasteiger partial charge is 0.380 e. The quantitative estimate of drug-likeness (QED) is 0.798. The van der Waals surface area contributed by atoms with Crippen molar-refractivity contribution in [2.24, 2.45) is 5.92 Å². The zero-order valence-corrected chi connectivity index (χ0v) is 14.5. The van der Waals surface area contributed by atoms with Crippen LogP contribution in [0.4, 0.5) is 5.69 Å². The third-order valence-corrected chi connectivity index (χ3v) is 6.45. The number of benzene rings is 1. The van der Waals surface area contributed by atoms with E-state index < -0.39 is 0 Å². The molecule has 0 aromatic heterocycles. The second-order valence-electron chi connectivity index (χ2n) is 7.75. The van der Waals surface area contributed by atoms with Gasteiger partial charge in [0.25, 0.3) is 0 Å². The van der Waals surface area contributed by atoms with Crippen LogP contribution in [0.15, 0.2) is 29.7 Å². The molecule has 22 heavy (non-hydrogen) atoms. The van der Waals surface area contributed by atoms with Gasteiger partial charge in [0.1, 0.15) is 0 Å². The number of allylic oxidation sites excluding steroid dienone is 1. The van der Waals surface area contributed by atoms with Gasteiger partial charge in [0.05, 0.1) is 6.10 Å². The highest BCUT2D eigenvalue weighted by molar-refractivity contribution is 8.03. The van der Waals surface area contributed by atoms with Crippen molar-refractivity contribution < 1.29 is 4.74 Å². The monoisotopic (exact) mass is 315 g/mol. The molecule has 0 spiro atoms. The molecule has 3 heteroatoms. The molecule has 1 unspecified atom stereocenters. The van der Waals surface area contributed by atoms with Gasteiger partial charge < -0.3 is 10.1 Å². The van der Waals surface area contributed by atoms with Gasteiger partial charge in [-0.2, -0.15) is 0 Å². The fraction of sp³-hybridized carbons (Fsp3) is 0.579. The Kier molecular flexibility index (Phi) is 3.54. The Morgan fingerprint density at radius 2 is 2.14 bits per heavy atom. The van der Waals surface area contributed by atoms with E-state index in [4.69, 9.17) is 4.74 Å². The Balaban J connectivity index is 1.71. The molecule has 2 nitrogen and oxygen atoms in total. The number of fused-ring (bicyclic) bond motifs is 3. The lowest BCUT2D eigenvalue weighted by atomic mass is 9.79. The molecule has 1 aromatic rings. The summed E-state index contributed by atoms with van der Waals surface area (Å²) in [7, 11) is 0. The molecule has 3 aliphatic heterocycles. The van der Waals surface area contributed by atoms with Crippen molar-refractivity contribution >= 4 is 17.4 Å². The Bertz CT molecular complexity index is 596. The Hall–Kier alpha value is -0.930. The summed E-state index contributed by atoms with van der Waals surface area (Å²) in [4.78, 5) is 0. The lowest BCUT2D eigenvalue weighted by molar-refractivity contribution is 0.0827. The molecule has 0 aliphatic carbocycles. The molecule has 1 saturated heterocycles. The minimum Gasteiger partial charge on any atom is -0.380 e. The Morgan fingerprint density at radius 1 is 1.27 bits per heavy atom. The number of ether oxygens (including phenoxy) is 1. The van der Waals surface area contributed by atoms with E-state index >= 15 is 0 Å². The van der Waals surface area contributed by atoms with Gasteiger partial charge in [-0.05, 0) is 35.3 Å². The third kappa shape index (κ3) is 2.39. The molecule has 1 fully saturated rings. The zero-order valence-electron chi connectivity index (χ0n) is 13.6. The molecule has 4 rings (SSSR count). The molecular weight excluding hydrogens is 290 g/mol. The second kappa shape index (κ2) is 5.31. The van der Waals surface area contributed by atoms with Gasteiger partial charge in [-0.3, -0.25) is 0 Å². The van der Waals surface area contributed by atoms with Crippen LogP contribution in [0.25, 0.3) is 0 Å². The first-order chi connectivity index (χ1) is 10.5. The molecule has 1 N–H and O–H groups in total. The van der Waals surface area contributed by atoms with Crippen LogP contribution in [0.3, 0.4) is 0 Å². The number of hydrogen-bond acceptors (Lipinski definition) is 3. The number of nitrogens with one attached hydrogen (secondary N) is 1. The van der Waals surface area contributed by atoms with E-state index in [1.807, 2.05) is 11.8 Å². The number of thioether (sulfide) groups is 1. The smallest absolute Gasteiger partial charge is 0.0893 e. The van der Waals surface area contributed by atoms with Gasteiger partial charge in [-0.15, -0.1) is 11.8 Å². The molecule has 118 valence electrons. The maximum absolute atomic E-state index is 6.17. The van der Waals surface area contributed by atoms with Crippen LogP contribution in [-0.2, 0) is 10.2 Å². The van der Waals surface area contributed by atoms with Crippen LogP contribution in [0, 0.1) is 5.92 Å². The van der Waals surface area contributed by atoms with E-state index in [-0.39, 0.29) is 11.5 Å². The first kappa shape index (κ1) is 14.6. The summed E-state index contributed by atoms with van der Waals surface area (Å²) in [5, 5.41) is 6.76. The average Bonchev–Trinajstić information content (AvgIpc) is 3.16. The standard InChI is InChI=1S/C19H25NOS/c1-19(2,3)12-6-7-15-14(11-12)18-13(8-9-21-18)17(20-15)16-5-4-10-22-16/h4,6-7,10-11,13,16-18,20H,5,8-9H2,1-3H3/t13-,16?,17+,18-/m0/s1. The lowest BCUT2D eigenvalue weighted by Crippen LogP contribution is -2.42. The number of hydrogen-bond donors (Lipinski definition) is 1. The average molecular weight is 315 g/mol. The molecular formula is C19H25NOS. The van der Waals surface area contributed by atoms with Crippen molar-refractivity contribution in [2.75, 3.05) is 11.9 Å². The van der Waals surface area contributed by atoms with E-state index in [0.717, 1.165) is 6.61 Å². The highest BCUT2D eigenvalue weighted by Crippen LogP contribution is 2.48. The van der Waals surface area contributed by atoms with Crippen LogP contribution in [-0.4, -0.2) is 17.9 Å². The minimum atomic E-state index is 0.186. The molecule has 3 aliphatic rings. The molecule has 1 aromatic carbocycles. The fourth-order valence-corrected chi connectivity index (χ4v) is 5.06. The summed E-state index contributed by atoms with van der Waals surface area (Å²) in [6.45, 7) is 7.74. The van der Waals surface area contributed by atoms with E-state index in [1.54, 1.807) is 0 Å². The first-order valence-electron chi connectivity index (χ1n) is 8.37. The molecule has 3 heterocycles. The van der Waals surface area contributed by atoms with Crippen molar-refractivity contribution in [2.45, 2.75) is 56.4 Å². The Morgan fingerprint density at radius 3 is 2.86 bits per heavy atom. The molecule has 0 radical (unpaired) electrons. The van der Waals surface area contributed by atoms with E-state index in [0.29, 0.717) is 17.2 Å². The summed E-state index contributed by atoms with van der Waals surface area (Å²) in [5.41, 5.74) is 4.25. The molecule has 0 amide bonds. The van der Waals surface area contributed by atoms with Gasteiger partial charge in [0, 0.05) is 35.1 Å². The van der Waals surface area contributed by atoms with Gasteiger partial charge in [0.2, 0.25) is 0 Å². The number of rotatable bonds is 1. The van der Waals surface area contributed by atoms with Crippen molar-refractivity contribution in [1.29, 1.82) is 0 Å². The van der Waals surface area contributed by atoms with Crippen molar-refractivity contribution in [3.63, 3.8) is 0 Å². The topological polar surface area (TPSA) is 21.3 Å². The zero-order chi connectivity index (χ0) is 15.3. The van der Waals surface area contributed by atoms with Gasteiger partial charge in [-0.25, -0.2) is 0 Å². The van der Waals surface area contributed by atoms with Crippen molar-refractivity contribution in [1.82, 2.24) is 0 Å². The van der Waals surface area contributed by atoms with Crippen LogP contribution in [0.1, 0.15) is 50.8 Å². The predicted molar refractivity (Wildman–Crippen MR) is 94.5 cm³/mol. The molecule has 0 saturated carbocycles. The highest BCUT2D eigenvalue weighted by Gasteiger charge is 2.44. The van der Waals surface area contributed by atoms with E-state index in [9.17, 15) is 0 Å². The first-order valence-corrected chi connectivity index (χ1v) is 9.31. The normalized spacial score (nSPS) is 33.4. The maximum atomic E-state index is 6.17. The highest BCUT2D eigenvalue weighted by atomic mass is 32.2. The number of anilines is 1. The summed E-state index contributed by atoms with van der Waals surface area (Å²) < 4.78 is 6.17. The molecule has 4 atom stereocenters. The van der Waals surface area contributed by atoms with Crippen molar-refractivity contribution in [3.8, 4) is 0 Å². The summed E-state index contributed by atoms with van der Waals surface area (Å²) >= 11 is 1.98. The van der Waals surface area contributed by atoms with E-state index in [1.165, 1.54) is 29.7 Å². The SMILES string of the molecule is CC(C)(C)c1ccc2c(c1)[C@H]1OCC[C@H]1[C@H](C1CC=CS1)N2. The molecule has 0 bridgehead atoms. The lowest BCUT2D eigenvalue weighted by Gasteiger charge is -2.39. The van der Waals surface area contributed by atoms with Crippen molar-refractivity contribution in [3.05, 3.63) is 40.8 Å². The predicted octanol–water partition coefficient (Wildman–Crippen LogP) is 4.88. The minimum absolute atomic E-state index is 0.186. The van der Waals surface area contributed by atoms with Crippen LogP contribution in [0.2, 0.25) is 0 Å². The summed E-state index contributed by atoms with van der Waals surface area (Å²) in [6, 6.07) is 7.45. The summed E-state index contributed by atoms with van der Waals surface area (Å²) in [5.74, 6) is 0.611. The second-order valence-corrected chi connectivity index (χ2v) is 8.90. The maximum Gasteiger partial charge on any atom is 0.0893 e. The Labute approximate surface area is 137 Å². The van der Waals surface area contributed by atoms with Gasteiger partial charge in [0.15, 0.2) is 0 Å². The third-order valence-electron chi connectivity index (χ3n) is 5.26. The van der Waals surface area contributed by atoms with Gasteiger partial charge in [-0.1, -0.05) is 39.0 Å². The van der Waals surface area contributed by atoms with Gasteiger partial charge >= 0.3 is 0 Å². The summed E-state index contributed by atoms with van der Waals surface area (Å²) in [6.07, 6.45) is 4.95. The van der Waals surface area contributed by atoms with Crippen LogP contribution in [0.5, 0.6) is 0 Å². The van der Waals surface area contributed by atoms with E-state index in [2.05, 4.69) is 55.8 Å². The van der Waals surface area contributed by atoms with Crippen LogP contribution < -0.4 is 5.32 Å². The van der Waals surface area contributed by atoms with Crippen LogP contribution >= 0.6 is 11.8 Å². The fourth-order valence-electron chi connectivity index (χ4n) is 3.98.